The van der Waals surface area contributed by atoms with E-state index in [9.17, 15) is 9.59 Å². The summed E-state index contributed by atoms with van der Waals surface area (Å²) in [6.07, 6.45) is 5.47. The number of benzene rings is 2. The zero-order valence-electron chi connectivity index (χ0n) is 17.0. The molecule has 0 radical (unpaired) electrons. The van der Waals surface area contributed by atoms with Crippen LogP contribution in [0, 0.1) is 0 Å². The molecule has 5 nitrogen and oxygen atoms in total. The molecule has 0 saturated heterocycles. The zero-order chi connectivity index (χ0) is 20.9. The number of nitrogens with one attached hydrogen (secondary N) is 2. The molecule has 1 fully saturated rings. The van der Waals surface area contributed by atoms with Crippen molar-refractivity contribution in [2.75, 3.05) is 26.0 Å². The Morgan fingerprint density at radius 3 is 2.38 bits per heavy atom. The van der Waals surface area contributed by atoms with Gasteiger partial charge in [0.05, 0.1) is 6.54 Å². The van der Waals surface area contributed by atoms with Crippen molar-refractivity contribution in [3.8, 4) is 0 Å². The summed E-state index contributed by atoms with van der Waals surface area (Å²) in [5.74, 6) is -0.221. The van der Waals surface area contributed by atoms with Crippen molar-refractivity contribution >= 4 is 29.1 Å². The highest BCUT2D eigenvalue weighted by Crippen LogP contribution is 2.37. The third kappa shape index (κ3) is 5.37. The van der Waals surface area contributed by atoms with Gasteiger partial charge in [0.25, 0.3) is 5.91 Å². The molecule has 1 saturated carbocycles. The third-order valence-corrected chi connectivity index (χ3v) is 5.74. The molecule has 1 aliphatic carbocycles. The molecule has 0 heterocycles. The van der Waals surface area contributed by atoms with Crippen molar-refractivity contribution in [3.05, 3.63) is 64.7 Å². The van der Waals surface area contributed by atoms with E-state index in [2.05, 4.69) is 22.8 Å². The van der Waals surface area contributed by atoms with Crippen LogP contribution in [0.1, 0.15) is 48.0 Å². The van der Waals surface area contributed by atoms with E-state index in [1.54, 1.807) is 38.4 Å². The summed E-state index contributed by atoms with van der Waals surface area (Å²) in [5.41, 5.74) is 2.13. The first-order chi connectivity index (χ1) is 13.9. The van der Waals surface area contributed by atoms with Crippen LogP contribution in [0.2, 0.25) is 5.02 Å². The van der Waals surface area contributed by atoms with Gasteiger partial charge in [0.15, 0.2) is 0 Å². The molecule has 2 aromatic carbocycles. The molecule has 29 heavy (non-hydrogen) atoms. The Kier molecular flexibility index (Phi) is 6.93. The fraction of sp³-hybridized carbons (Fsp3) is 0.391. The summed E-state index contributed by atoms with van der Waals surface area (Å²) in [7, 11) is 3.41. The van der Waals surface area contributed by atoms with E-state index in [0.717, 1.165) is 25.7 Å². The van der Waals surface area contributed by atoms with Gasteiger partial charge in [-0.1, -0.05) is 49.1 Å². The van der Waals surface area contributed by atoms with E-state index in [1.165, 1.54) is 16.9 Å². The lowest BCUT2D eigenvalue weighted by Gasteiger charge is -2.39. The number of anilines is 1. The van der Waals surface area contributed by atoms with Gasteiger partial charge < -0.3 is 10.2 Å². The minimum atomic E-state index is -0.205. The number of amides is 2. The molecule has 6 heteroatoms. The van der Waals surface area contributed by atoms with Gasteiger partial charge in [0.2, 0.25) is 5.91 Å². The molecule has 3 rings (SSSR count). The molecule has 0 aromatic heterocycles. The molecule has 0 unspecified atom stereocenters. The standard InChI is InChI=1S/C23H28ClN3O2/c1-27(2)22(29)17-7-6-8-20(15-17)26-21(28)16-25-23(13-4-3-5-14-23)18-9-11-19(24)12-10-18/h6-12,15,25H,3-5,13-14,16H2,1-2H3,(H,26,28). The fourth-order valence-electron chi connectivity index (χ4n) is 3.93. The smallest absolute Gasteiger partial charge is 0.253 e. The SMILES string of the molecule is CN(C)C(=O)c1cccc(NC(=O)CNC2(c3ccc(Cl)cc3)CCCCC2)c1. The van der Waals surface area contributed by atoms with Crippen LogP contribution >= 0.6 is 11.6 Å². The largest absolute Gasteiger partial charge is 0.345 e. The first-order valence-electron chi connectivity index (χ1n) is 10.0. The second-order valence-electron chi connectivity index (χ2n) is 7.83. The molecule has 2 N–H and O–H groups in total. The predicted molar refractivity (Wildman–Crippen MR) is 117 cm³/mol. The molecule has 0 atom stereocenters. The van der Waals surface area contributed by atoms with Crippen LogP contribution in [-0.4, -0.2) is 37.4 Å². The van der Waals surface area contributed by atoms with Crippen LogP contribution in [0.4, 0.5) is 5.69 Å². The number of halogens is 1. The molecular formula is C23H28ClN3O2. The highest BCUT2D eigenvalue weighted by Gasteiger charge is 2.33. The highest BCUT2D eigenvalue weighted by molar-refractivity contribution is 6.30. The first-order valence-corrected chi connectivity index (χ1v) is 10.4. The van der Waals surface area contributed by atoms with Crippen molar-refractivity contribution in [2.45, 2.75) is 37.6 Å². The van der Waals surface area contributed by atoms with Gasteiger partial charge in [0, 0.05) is 35.9 Å². The van der Waals surface area contributed by atoms with Crippen LogP contribution < -0.4 is 10.6 Å². The average Bonchev–Trinajstić information content (AvgIpc) is 2.73. The van der Waals surface area contributed by atoms with E-state index in [0.29, 0.717) is 16.3 Å². The fourth-order valence-corrected chi connectivity index (χ4v) is 4.06. The first kappa shape index (κ1) is 21.3. The van der Waals surface area contributed by atoms with Gasteiger partial charge in [-0.05, 0) is 48.7 Å². The van der Waals surface area contributed by atoms with E-state index < -0.39 is 0 Å². The minimum absolute atomic E-state index is 0.0943. The van der Waals surface area contributed by atoms with Gasteiger partial charge in [-0.25, -0.2) is 0 Å². The Labute approximate surface area is 177 Å². The average molecular weight is 414 g/mol. The predicted octanol–water partition coefficient (Wildman–Crippen LogP) is 4.43. The van der Waals surface area contributed by atoms with Gasteiger partial charge in [-0.3, -0.25) is 14.9 Å². The molecule has 0 aliphatic heterocycles. The van der Waals surface area contributed by atoms with Crippen LogP contribution in [0.5, 0.6) is 0 Å². The van der Waals surface area contributed by atoms with Crippen LogP contribution in [0.15, 0.2) is 48.5 Å². The minimum Gasteiger partial charge on any atom is -0.345 e. The quantitative estimate of drug-likeness (QED) is 0.736. The highest BCUT2D eigenvalue weighted by atomic mass is 35.5. The van der Waals surface area contributed by atoms with Crippen LogP contribution in [0.3, 0.4) is 0 Å². The van der Waals surface area contributed by atoms with E-state index in [4.69, 9.17) is 11.6 Å². The molecule has 0 spiro atoms. The summed E-state index contributed by atoms with van der Waals surface area (Å²) in [4.78, 5) is 26.3. The molecule has 2 amide bonds. The molecule has 1 aliphatic rings. The summed E-state index contributed by atoms with van der Waals surface area (Å²) < 4.78 is 0. The number of nitrogens with zero attached hydrogens (tertiary/aromatic N) is 1. The maximum Gasteiger partial charge on any atom is 0.253 e. The summed E-state index contributed by atoms with van der Waals surface area (Å²) >= 11 is 6.06. The van der Waals surface area contributed by atoms with Crippen LogP contribution in [-0.2, 0) is 10.3 Å². The number of carbonyl (C=O) groups is 2. The van der Waals surface area contributed by atoms with Gasteiger partial charge in [-0.15, -0.1) is 0 Å². The van der Waals surface area contributed by atoms with Crippen molar-refractivity contribution in [2.24, 2.45) is 0 Å². The Morgan fingerprint density at radius 1 is 1.03 bits per heavy atom. The second-order valence-corrected chi connectivity index (χ2v) is 8.27. The van der Waals surface area contributed by atoms with Crippen molar-refractivity contribution in [1.82, 2.24) is 10.2 Å². The number of hydrogen-bond donors (Lipinski definition) is 2. The molecule has 154 valence electrons. The van der Waals surface area contributed by atoms with E-state index in [-0.39, 0.29) is 23.9 Å². The van der Waals surface area contributed by atoms with Crippen molar-refractivity contribution in [1.29, 1.82) is 0 Å². The summed E-state index contributed by atoms with van der Waals surface area (Å²) in [5, 5.41) is 7.13. The maximum absolute atomic E-state index is 12.6. The monoisotopic (exact) mass is 413 g/mol. The second kappa shape index (κ2) is 9.42. The Bertz CT molecular complexity index is 859. The van der Waals surface area contributed by atoms with Crippen molar-refractivity contribution < 1.29 is 9.59 Å². The zero-order valence-corrected chi connectivity index (χ0v) is 17.8. The summed E-state index contributed by atoms with van der Waals surface area (Å²) in [6, 6.07) is 14.9. The molecular weight excluding hydrogens is 386 g/mol. The lowest BCUT2D eigenvalue weighted by atomic mass is 9.76. The van der Waals surface area contributed by atoms with Crippen LogP contribution in [0.25, 0.3) is 0 Å². The lowest BCUT2D eigenvalue weighted by Crippen LogP contribution is -2.47. The van der Waals surface area contributed by atoms with Gasteiger partial charge in [0.1, 0.15) is 0 Å². The third-order valence-electron chi connectivity index (χ3n) is 5.49. The van der Waals surface area contributed by atoms with Gasteiger partial charge >= 0.3 is 0 Å². The number of rotatable bonds is 6. The Morgan fingerprint density at radius 2 is 1.72 bits per heavy atom. The summed E-state index contributed by atoms with van der Waals surface area (Å²) in [6.45, 7) is 0.203. The number of carbonyl (C=O) groups excluding carboxylic acids is 2. The van der Waals surface area contributed by atoms with Gasteiger partial charge in [-0.2, -0.15) is 0 Å². The Hall–Kier alpha value is -2.37. The Balaban J connectivity index is 1.67. The number of hydrogen-bond acceptors (Lipinski definition) is 3. The lowest BCUT2D eigenvalue weighted by molar-refractivity contribution is -0.115. The normalized spacial score (nSPS) is 15.6. The van der Waals surface area contributed by atoms with Crippen molar-refractivity contribution in [3.63, 3.8) is 0 Å². The van der Waals surface area contributed by atoms with E-state index in [1.807, 2.05) is 12.1 Å². The maximum atomic E-state index is 12.6. The molecule has 2 aromatic rings. The molecule has 0 bridgehead atoms. The topological polar surface area (TPSA) is 61.4 Å². The van der Waals surface area contributed by atoms with E-state index >= 15 is 0 Å².